The molecule has 0 aliphatic carbocycles. The Morgan fingerprint density at radius 2 is 2.19 bits per heavy atom. The first-order valence-electron chi connectivity index (χ1n) is 6.59. The van der Waals surface area contributed by atoms with Crippen molar-refractivity contribution in [3.63, 3.8) is 0 Å². The molecule has 7 heteroatoms. The predicted octanol–water partition coefficient (Wildman–Crippen LogP) is 2.00. The monoisotopic (exact) mass is 319 g/mol. The Labute approximate surface area is 129 Å². The lowest BCUT2D eigenvalue weighted by Crippen LogP contribution is -2.35. The van der Waals surface area contributed by atoms with Crippen LogP contribution in [-0.4, -0.2) is 37.0 Å². The predicted molar refractivity (Wildman–Crippen MR) is 80.5 cm³/mol. The highest BCUT2D eigenvalue weighted by molar-refractivity contribution is 5.92. The zero-order chi connectivity index (χ0) is 14.8. The molecule has 0 saturated carbocycles. The number of carbonyl (C=O) groups excluding carboxylic acids is 1. The lowest BCUT2D eigenvalue weighted by molar-refractivity contribution is -0.117. The van der Waals surface area contributed by atoms with Crippen LogP contribution in [0.25, 0.3) is 0 Å². The Bertz CT molecular complexity index is 515. The zero-order valence-corrected chi connectivity index (χ0v) is 12.7. The minimum Gasteiger partial charge on any atom is -0.330 e. The molecule has 0 aromatic heterocycles. The SMILES string of the molecule is CC1(CN)CCN(CC(=O)Nc2cc(F)ccc2F)C1.Cl. The first-order chi connectivity index (χ1) is 9.42. The average molecular weight is 320 g/mol. The molecule has 1 amide bonds. The Balaban J connectivity index is 0.00000220. The van der Waals surface area contributed by atoms with E-state index in [0.717, 1.165) is 37.7 Å². The van der Waals surface area contributed by atoms with Gasteiger partial charge in [0.2, 0.25) is 5.91 Å². The molecule has 1 aliphatic heterocycles. The number of likely N-dealkylation sites (tertiary alicyclic amines) is 1. The van der Waals surface area contributed by atoms with Crippen LogP contribution in [0.15, 0.2) is 18.2 Å². The second-order valence-corrected chi connectivity index (χ2v) is 5.65. The van der Waals surface area contributed by atoms with Gasteiger partial charge in [0, 0.05) is 12.6 Å². The summed E-state index contributed by atoms with van der Waals surface area (Å²) in [5.41, 5.74) is 5.61. The highest BCUT2D eigenvalue weighted by Crippen LogP contribution is 2.28. The molecule has 21 heavy (non-hydrogen) atoms. The number of nitrogens with one attached hydrogen (secondary N) is 1. The Morgan fingerprint density at radius 1 is 1.48 bits per heavy atom. The van der Waals surface area contributed by atoms with Gasteiger partial charge < -0.3 is 11.1 Å². The fourth-order valence-electron chi connectivity index (χ4n) is 2.41. The zero-order valence-electron chi connectivity index (χ0n) is 11.9. The van der Waals surface area contributed by atoms with Crippen LogP contribution in [-0.2, 0) is 4.79 Å². The Kier molecular flexibility index (Phi) is 6.07. The number of hydrogen-bond donors (Lipinski definition) is 2. The number of nitrogens with two attached hydrogens (primary N) is 1. The van der Waals surface area contributed by atoms with Crippen molar-refractivity contribution in [2.24, 2.45) is 11.1 Å². The maximum absolute atomic E-state index is 13.4. The number of hydrogen-bond acceptors (Lipinski definition) is 3. The average Bonchev–Trinajstić information content (AvgIpc) is 2.76. The van der Waals surface area contributed by atoms with Gasteiger partial charge in [-0.3, -0.25) is 9.69 Å². The second-order valence-electron chi connectivity index (χ2n) is 5.65. The molecule has 1 saturated heterocycles. The van der Waals surface area contributed by atoms with Crippen molar-refractivity contribution in [1.82, 2.24) is 4.90 Å². The Morgan fingerprint density at radius 3 is 2.81 bits per heavy atom. The van der Waals surface area contributed by atoms with E-state index >= 15 is 0 Å². The van der Waals surface area contributed by atoms with Gasteiger partial charge in [0.25, 0.3) is 0 Å². The van der Waals surface area contributed by atoms with Crippen molar-refractivity contribution in [3.05, 3.63) is 29.8 Å². The lowest BCUT2D eigenvalue weighted by Gasteiger charge is -2.22. The van der Waals surface area contributed by atoms with Crippen molar-refractivity contribution < 1.29 is 13.6 Å². The summed E-state index contributed by atoms with van der Waals surface area (Å²) in [6.45, 7) is 4.33. The summed E-state index contributed by atoms with van der Waals surface area (Å²) >= 11 is 0. The van der Waals surface area contributed by atoms with E-state index in [1.165, 1.54) is 0 Å². The van der Waals surface area contributed by atoms with Crippen LogP contribution >= 0.6 is 12.4 Å². The maximum Gasteiger partial charge on any atom is 0.238 e. The van der Waals surface area contributed by atoms with Gasteiger partial charge in [-0.25, -0.2) is 8.78 Å². The molecule has 0 spiro atoms. The highest BCUT2D eigenvalue weighted by atomic mass is 35.5. The molecule has 118 valence electrons. The summed E-state index contributed by atoms with van der Waals surface area (Å²) in [7, 11) is 0. The van der Waals surface area contributed by atoms with Gasteiger partial charge in [0.05, 0.1) is 12.2 Å². The van der Waals surface area contributed by atoms with Crippen molar-refractivity contribution in [2.45, 2.75) is 13.3 Å². The van der Waals surface area contributed by atoms with Crippen molar-refractivity contribution in [1.29, 1.82) is 0 Å². The number of amides is 1. The molecule has 1 aromatic carbocycles. The third kappa shape index (κ3) is 4.62. The molecule has 1 heterocycles. The van der Waals surface area contributed by atoms with Gasteiger partial charge in [-0.05, 0) is 37.1 Å². The van der Waals surface area contributed by atoms with Crippen LogP contribution in [0.1, 0.15) is 13.3 Å². The number of anilines is 1. The number of rotatable bonds is 4. The summed E-state index contributed by atoms with van der Waals surface area (Å²) in [6, 6.07) is 2.98. The van der Waals surface area contributed by atoms with Gasteiger partial charge in [-0.15, -0.1) is 12.4 Å². The maximum atomic E-state index is 13.4. The number of benzene rings is 1. The number of nitrogens with zero attached hydrogens (tertiary/aromatic N) is 1. The molecule has 1 unspecified atom stereocenters. The van der Waals surface area contributed by atoms with Gasteiger partial charge in [-0.1, -0.05) is 6.92 Å². The van der Waals surface area contributed by atoms with Gasteiger partial charge in [0.1, 0.15) is 11.6 Å². The minimum atomic E-state index is -0.645. The van der Waals surface area contributed by atoms with E-state index < -0.39 is 11.6 Å². The molecule has 1 atom stereocenters. The molecule has 1 fully saturated rings. The van der Waals surface area contributed by atoms with Crippen LogP contribution < -0.4 is 11.1 Å². The molecule has 0 radical (unpaired) electrons. The van der Waals surface area contributed by atoms with Crippen LogP contribution in [0.2, 0.25) is 0 Å². The van der Waals surface area contributed by atoms with E-state index in [1.807, 2.05) is 4.90 Å². The summed E-state index contributed by atoms with van der Waals surface area (Å²) in [4.78, 5) is 13.8. The van der Waals surface area contributed by atoms with Crippen LogP contribution in [0.4, 0.5) is 14.5 Å². The van der Waals surface area contributed by atoms with Crippen LogP contribution in [0.3, 0.4) is 0 Å². The molecule has 1 aromatic rings. The standard InChI is InChI=1S/C14H19F2N3O.ClH/c1-14(8-17)4-5-19(9-14)7-13(20)18-12-6-10(15)2-3-11(12)16;/h2-3,6H,4-5,7-9,17H2,1H3,(H,18,20);1H. The number of halogens is 3. The van der Waals surface area contributed by atoms with Crippen molar-refractivity contribution >= 4 is 24.0 Å². The first kappa shape index (κ1) is 17.8. The number of carbonyl (C=O) groups is 1. The van der Waals surface area contributed by atoms with E-state index in [9.17, 15) is 13.6 Å². The molecule has 3 N–H and O–H groups in total. The summed E-state index contributed by atoms with van der Waals surface area (Å²) in [6.07, 6.45) is 0.936. The minimum absolute atomic E-state index is 0. The molecule has 2 rings (SSSR count). The molecule has 0 bridgehead atoms. The molecular weight excluding hydrogens is 300 g/mol. The normalized spacial score (nSPS) is 21.9. The summed E-state index contributed by atoms with van der Waals surface area (Å²) < 4.78 is 26.4. The third-order valence-electron chi connectivity index (χ3n) is 3.70. The summed E-state index contributed by atoms with van der Waals surface area (Å²) in [5, 5.41) is 2.40. The second kappa shape index (κ2) is 7.15. The topological polar surface area (TPSA) is 58.4 Å². The lowest BCUT2D eigenvalue weighted by atomic mass is 9.90. The largest absolute Gasteiger partial charge is 0.330 e. The van der Waals surface area contributed by atoms with E-state index in [0.29, 0.717) is 6.54 Å². The van der Waals surface area contributed by atoms with Gasteiger partial charge in [-0.2, -0.15) is 0 Å². The van der Waals surface area contributed by atoms with Gasteiger partial charge in [0.15, 0.2) is 0 Å². The fourth-order valence-corrected chi connectivity index (χ4v) is 2.41. The smallest absolute Gasteiger partial charge is 0.238 e. The molecule has 1 aliphatic rings. The van der Waals surface area contributed by atoms with E-state index in [2.05, 4.69) is 12.2 Å². The Hall–Kier alpha value is -1.24. The van der Waals surface area contributed by atoms with Crippen molar-refractivity contribution in [2.75, 3.05) is 31.5 Å². The van der Waals surface area contributed by atoms with E-state index in [-0.39, 0.29) is 36.0 Å². The summed E-state index contributed by atoms with van der Waals surface area (Å²) in [5.74, 6) is -1.58. The first-order valence-corrected chi connectivity index (χ1v) is 6.59. The van der Waals surface area contributed by atoms with Crippen LogP contribution in [0.5, 0.6) is 0 Å². The van der Waals surface area contributed by atoms with E-state index in [1.54, 1.807) is 0 Å². The highest BCUT2D eigenvalue weighted by Gasteiger charge is 2.33. The fraction of sp³-hybridized carbons (Fsp3) is 0.500. The van der Waals surface area contributed by atoms with E-state index in [4.69, 9.17) is 5.73 Å². The third-order valence-corrected chi connectivity index (χ3v) is 3.70. The van der Waals surface area contributed by atoms with Gasteiger partial charge >= 0.3 is 0 Å². The molecular formula is C14H20ClF2N3O. The quantitative estimate of drug-likeness (QED) is 0.892. The molecule has 4 nitrogen and oxygen atoms in total. The van der Waals surface area contributed by atoms with Crippen LogP contribution in [0, 0.1) is 17.0 Å². The van der Waals surface area contributed by atoms with Crippen molar-refractivity contribution in [3.8, 4) is 0 Å².